The fourth-order valence-corrected chi connectivity index (χ4v) is 4.00. The van der Waals surface area contributed by atoms with Crippen molar-refractivity contribution in [2.45, 2.75) is 17.7 Å². The van der Waals surface area contributed by atoms with Crippen molar-refractivity contribution < 1.29 is 17.9 Å². The molecule has 1 N–H and O–H groups in total. The number of pyridine rings is 1. The van der Waals surface area contributed by atoms with Crippen LogP contribution in [0.25, 0.3) is 5.52 Å². The van der Waals surface area contributed by atoms with E-state index < -0.39 is 10.0 Å². The number of ether oxygens (including phenoxy) is 2. The number of aromatic nitrogens is 2. The molecular formula is C18H19N3O4S. The van der Waals surface area contributed by atoms with Crippen molar-refractivity contribution in [3.8, 4) is 11.5 Å². The molecule has 0 atom stereocenters. The zero-order valence-electron chi connectivity index (χ0n) is 14.1. The molecule has 1 aliphatic rings. The highest BCUT2D eigenvalue weighted by molar-refractivity contribution is 7.89. The summed E-state index contributed by atoms with van der Waals surface area (Å²) in [6.45, 7) is 1.22. The molecule has 1 aliphatic heterocycles. The van der Waals surface area contributed by atoms with Crippen LogP contribution in [0, 0.1) is 0 Å². The summed E-state index contributed by atoms with van der Waals surface area (Å²) in [6, 6.07) is 10.5. The summed E-state index contributed by atoms with van der Waals surface area (Å²) in [5, 5.41) is 0. The molecule has 136 valence electrons. The van der Waals surface area contributed by atoms with Crippen LogP contribution in [0.2, 0.25) is 0 Å². The number of hydrogen-bond acceptors (Lipinski definition) is 5. The van der Waals surface area contributed by atoms with E-state index in [-0.39, 0.29) is 4.90 Å². The van der Waals surface area contributed by atoms with Gasteiger partial charge < -0.3 is 13.9 Å². The summed E-state index contributed by atoms with van der Waals surface area (Å²) in [5.41, 5.74) is 1.03. The van der Waals surface area contributed by atoms with Crippen molar-refractivity contribution in [3.05, 3.63) is 54.6 Å². The molecule has 3 aromatic rings. The summed E-state index contributed by atoms with van der Waals surface area (Å²) in [4.78, 5) is 4.57. The Morgan fingerprint density at radius 3 is 2.85 bits per heavy atom. The van der Waals surface area contributed by atoms with Gasteiger partial charge in [0.2, 0.25) is 10.0 Å². The minimum Gasteiger partial charge on any atom is -0.486 e. The zero-order chi connectivity index (χ0) is 18.0. The number of imidazole rings is 1. The number of nitrogens with one attached hydrogen (secondary N) is 1. The number of rotatable bonds is 6. The highest BCUT2D eigenvalue weighted by atomic mass is 32.2. The van der Waals surface area contributed by atoms with Crippen LogP contribution in [0.4, 0.5) is 0 Å². The van der Waals surface area contributed by atoms with Gasteiger partial charge in [-0.05, 0) is 30.7 Å². The lowest BCUT2D eigenvalue weighted by atomic mass is 10.3. The molecular weight excluding hydrogens is 354 g/mol. The predicted octanol–water partition coefficient (Wildman–Crippen LogP) is 2.02. The molecule has 0 amide bonds. The number of fused-ring (bicyclic) bond motifs is 2. The van der Waals surface area contributed by atoms with Gasteiger partial charge in [0, 0.05) is 25.2 Å². The molecule has 0 radical (unpaired) electrons. The van der Waals surface area contributed by atoms with Crippen molar-refractivity contribution in [2.24, 2.45) is 0 Å². The fourth-order valence-electron chi connectivity index (χ4n) is 2.91. The second-order valence-corrected chi connectivity index (χ2v) is 7.74. The number of benzene rings is 1. The van der Waals surface area contributed by atoms with Gasteiger partial charge in [-0.1, -0.05) is 6.07 Å². The molecule has 0 fully saturated rings. The lowest BCUT2D eigenvalue weighted by molar-refractivity contribution is 0.171. The first-order valence-electron chi connectivity index (χ1n) is 8.44. The monoisotopic (exact) mass is 373 g/mol. The molecule has 1 aromatic carbocycles. The summed E-state index contributed by atoms with van der Waals surface area (Å²) >= 11 is 0. The van der Waals surface area contributed by atoms with E-state index in [4.69, 9.17) is 9.47 Å². The maximum atomic E-state index is 12.5. The topological polar surface area (TPSA) is 81.9 Å². The maximum Gasteiger partial charge on any atom is 0.240 e. The molecule has 0 saturated heterocycles. The van der Waals surface area contributed by atoms with Gasteiger partial charge in [-0.3, -0.25) is 0 Å². The first kappa shape index (κ1) is 16.9. The minimum absolute atomic E-state index is 0.174. The Balaban J connectivity index is 1.38. The Morgan fingerprint density at radius 1 is 1.12 bits per heavy atom. The Bertz CT molecular complexity index is 1030. The first-order valence-corrected chi connectivity index (χ1v) is 9.92. The molecule has 0 unspecified atom stereocenters. The van der Waals surface area contributed by atoms with Gasteiger partial charge in [0.05, 0.1) is 16.6 Å². The molecule has 3 heterocycles. The zero-order valence-corrected chi connectivity index (χ0v) is 14.9. The van der Waals surface area contributed by atoms with Gasteiger partial charge in [0.15, 0.2) is 11.5 Å². The van der Waals surface area contributed by atoms with Crippen LogP contribution in [-0.4, -0.2) is 37.6 Å². The highest BCUT2D eigenvalue weighted by Gasteiger charge is 2.19. The largest absolute Gasteiger partial charge is 0.486 e. The van der Waals surface area contributed by atoms with E-state index in [0.29, 0.717) is 44.1 Å². The van der Waals surface area contributed by atoms with Crippen LogP contribution in [0.3, 0.4) is 0 Å². The van der Waals surface area contributed by atoms with Crippen molar-refractivity contribution in [3.63, 3.8) is 0 Å². The SMILES string of the molecule is O=S(=O)(NCCCc1ncc2ccccn12)c1ccc2c(c1)OCCO2. The summed E-state index contributed by atoms with van der Waals surface area (Å²) < 4.78 is 40.4. The van der Waals surface area contributed by atoms with Crippen LogP contribution in [0.1, 0.15) is 12.2 Å². The molecule has 0 bridgehead atoms. The van der Waals surface area contributed by atoms with E-state index in [0.717, 1.165) is 11.3 Å². The number of sulfonamides is 1. The lowest BCUT2D eigenvalue weighted by Crippen LogP contribution is -2.25. The Kier molecular flexibility index (Phi) is 4.52. The number of hydrogen-bond donors (Lipinski definition) is 1. The normalized spacial score (nSPS) is 13.8. The molecule has 7 nitrogen and oxygen atoms in total. The average molecular weight is 373 g/mol. The fraction of sp³-hybridized carbons (Fsp3) is 0.278. The van der Waals surface area contributed by atoms with Crippen molar-refractivity contribution in [1.29, 1.82) is 0 Å². The molecule has 0 saturated carbocycles. The van der Waals surface area contributed by atoms with E-state index in [1.807, 2.05) is 35.0 Å². The Hall–Kier alpha value is -2.58. The van der Waals surface area contributed by atoms with Gasteiger partial charge >= 0.3 is 0 Å². The summed E-state index contributed by atoms with van der Waals surface area (Å²) in [6.07, 6.45) is 5.10. The third-order valence-electron chi connectivity index (χ3n) is 4.21. The van der Waals surface area contributed by atoms with E-state index in [9.17, 15) is 8.42 Å². The molecule has 0 aliphatic carbocycles. The van der Waals surface area contributed by atoms with Gasteiger partial charge in [0.1, 0.15) is 19.0 Å². The quantitative estimate of drug-likeness (QED) is 0.669. The number of nitrogens with zero attached hydrogens (tertiary/aromatic N) is 2. The van der Waals surface area contributed by atoms with E-state index in [2.05, 4.69) is 9.71 Å². The number of aryl methyl sites for hydroxylation is 1. The second kappa shape index (κ2) is 6.97. The highest BCUT2D eigenvalue weighted by Crippen LogP contribution is 2.32. The van der Waals surface area contributed by atoms with Crippen LogP contribution < -0.4 is 14.2 Å². The predicted molar refractivity (Wildman–Crippen MR) is 96.1 cm³/mol. The molecule has 2 aromatic heterocycles. The molecule has 8 heteroatoms. The van der Waals surface area contributed by atoms with E-state index >= 15 is 0 Å². The molecule has 0 spiro atoms. The smallest absolute Gasteiger partial charge is 0.240 e. The van der Waals surface area contributed by atoms with Gasteiger partial charge in [-0.25, -0.2) is 18.1 Å². The van der Waals surface area contributed by atoms with E-state index in [1.165, 1.54) is 12.1 Å². The third kappa shape index (κ3) is 3.38. The lowest BCUT2D eigenvalue weighted by Gasteiger charge is -2.18. The standard InChI is InChI=1S/C18H19N3O4S/c22-26(23,15-6-7-16-17(12-15)25-11-10-24-16)20-8-3-5-18-19-13-14-4-1-2-9-21(14)18/h1-2,4,6-7,9,12-13,20H,3,5,8,10-11H2. The minimum atomic E-state index is -3.59. The van der Waals surface area contributed by atoms with Gasteiger partial charge in [-0.15, -0.1) is 0 Å². The first-order chi connectivity index (χ1) is 12.6. The van der Waals surface area contributed by atoms with E-state index in [1.54, 1.807) is 6.07 Å². The summed E-state index contributed by atoms with van der Waals surface area (Å²) in [5.74, 6) is 1.95. The molecule has 4 rings (SSSR count). The van der Waals surface area contributed by atoms with Crippen LogP contribution in [0.15, 0.2) is 53.7 Å². The van der Waals surface area contributed by atoms with Crippen molar-refractivity contribution in [1.82, 2.24) is 14.1 Å². The summed E-state index contributed by atoms with van der Waals surface area (Å²) in [7, 11) is -3.59. The van der Waals surface area contributed by atoms with Crippen molar-refractivity contribution in [2.75, 3.05) is 19.8 Å². The van der Waals surface area contributed by atoms with Gasteiger partial charge in [0.25, 0.3) is 0 Å². The van der Waals surface area contributed by atoms with Crippen LogP contribution >= 0.6 is 0 Å². The Labute approximate surface area is 151 Å². The Morgan fingerprint density at radius 2 is 1.96 bits per heavy atom. The average Bonchev–Trinajstić information content (AvgIpc) is 3.08. The second-order valence-electron chi connectivity index (χ2n) is 5.98. The van der Waals surface area contributed by atoms with Crippen LogP contribution in [-0.2, 0) is 16.4 Å². The van der Waals surface area contributed by atoms with Crippen LogP contribution in [0.5, 0.6) is 11.5 Å². The maximum absolute atomic E-state index is 12.5. The third-order valence-corrected chi connectivity index (χ3v) is 5.67. The van der Waals surface area contributed by atoms with Gasteiger partial charge in [-0.2, -0.15) is 0 Å². The molecule has 26 heavy (non-hydrogen) atoms. The van der Waals surface area contributed by atoms with Crippen molar-refractivity contribution >= 4 is 15.5 Å².